The molecule has 0 aliphatic heterocycles. The number of hydrogen-bond donors (Lipinski definition) is 3. The Morgan fingerprint density at radius 2 is 0.815 bits per heavy atom. The summed E-state index contributed by atoms with van der Waals surface area (Å²) >= 11 is 0. The van der Waals surface area contributed by atoms with Gasteiger partial charge in [-0.2, -0.15) is 0 Å². The molecule has 0 heterocycles. The van der Waals surface area contributed by atoms with E-state index in [-0.39, 0.29) is 54.5 Å². The first-order chi connectivity index (χ1) is 43.5. The number of allylic oxidation sites excluding steroid dienone is 20. The molecule has 0 saturated carbocycles. The molecular formula is C79H88O13. The Bertz CT molecular complexity index is 3720. The number of carbonyl (C=O) groups excluding carboxylic acids is 6. The summed E-state index contributed by atoms with van der Waals surface area (Å²) < 4.78 is 21.9. The van der Waals surface area contributed by atoms with E-state index < -0.39 is 46.9 Å². The fourth-order valence-electron chi connectivity index (χ4n) is 10.1. The van der Waals surface area contributed by atoms with Crippen LogP contribution in [0.4, 0.5) is 0 Å². The Morgan fingerprint density at radius 3 is 1.22 bits per heavy atom. The molecule has 0 bridgehead atoms. The van der Waals surface area contributed by atoms with Crippen LogP contribution in [-0.4, -0.2) is 63.0 Å². The second-order valence-electron chi connectivity index (χ2n) is 24.3. The molecular weight excluding hydrogens is 1160 g/mol. The lowest BCUT2D eigenvalue weighted by Gasteiger charge is -2.36. The number of carbonyl (C=O) groups is 6. The molecule has 0 spiro atoms. The average Bonchev–Trinajstić information content (AvgIpc) is 0.802. The molecule has 2 aliphatic carbocycles. The molecule has 6 rings (SSSR count). The van der Waals surface area contributed by atoms with Crippen LogP contribution in [0, 0.1) is 17.8 Å². The summed E-state index contributed by atoms with van der Waals surface area (Å²) in [7, 11) is 0. The van der Waals surface area contributed by atoms with E-state index in [1.165, 1.54) is 23.8 Å². The zero-order chi connectivity index (χ0) is 67.7. The van der Waals surface area contributed by atoms with Crippen molar-refractivity contribution in [1.82, 2.24) is 0 Å². The third kappa shape index (κ3) is 24.1. The number of aryl methyl sites for hydroxylation is 1. The van der Waals surface area contributed by atoms with E-state index in [1.807, 2.05) is 179 Å². The minimum Gasteiger partial charge on any atom is -0.508 e. The maximum atomic E-state index is 13.2. The zero-order valence-electron chi connectivity index (χ0n) is 55.3. The fraction of sp³-hybridized carbons (Fsp3) is 0.291. The van der Waals surface area contributed by atoms with Crippen LogP contribution in [0.1, 0.15) is 149 Å². The fourth-order valence-corrected chi connectivity index (χ4v) is 10.1. The van der Waals surface area contributed by atoms with Gasteiger partial charge in [-0.1, -0.05) is 190 Å². The molecule has 13 heteroatoms. The van der Waals surface area contributed by atoms with E-state index in [1.54, 1.807) is 86.7 Å². The van der Waals surface area contributed by atoms with Gasteiger partial charge in [-0.25, -0.2) is 0 Å². The van der Waals surface area contributed by atoms with Crippen LogP contribution in [0.2, 0.25) is 0 Å². The summed E-state index contributed by atoms with van der Waals surface area (Å²) in [4.78, 5) is 76.4. The number of ketones is 2. The van der Waals surface area contributed by atoms with Crippen LogP contribution in [0.15, 0.2) is 215 Å². The van der Waals surface area contributed by atoms with Gasteiger partial charge in [0.25, 0.3) is 0 Å². The van der Waals surface area contributed by atoms with Crippen LogP contribution >= 0.6 is 0 Å². The van der Waals surface area contributed by atoms with E-state index in [4.69, 9.17) is 18.9 Å². The van der Waals surface area contributed by atoms with Gasteiger partial charge < -0.3 is 34.3 Å². The summed E-state index contributed by atoms with van der Waals surface area (Å²) in [5, 5.41) is 29.0. The highest BCUT2D eigenvalue weighted by molar-refractivity contribution is 6.02. The van der Waals surface area contributed by atoms with Crippen molar-refractivity contribution in [2.24, 2.45) is 10.8 Å². The number of hydrogen-bond acceptors (Lipinski definition) is 13. The van der Waals surface area contributed by atoms with Crippen molar-refractivity contribution in [3.05, 3.63) is 242 Å². The lowest BCUT2D eigenvalue weighted by atomic mass is 9.71. The topological polar surface area (TPSA) is 200 Å². The summed E-state index contributed by atoms with van der Waals surface area (Å²) in [6.07, 6.45) is 33.4. The highest BCUT2D eigenvalue weighted by Crippen LogP contribution is 2.42. The Hall–Kier alpha value is -9.88. The standard InChI is InChI=1S/C41H46O6.C38H42O7/c1-8-9-11-28(2)12-10-13-29(3)14-21-36-31(5)40(45)37(27-41(36,6)7)47-39(44)23-22-38(43)46-35-19-17-32(18-20-35)15-16-33-24-30(4)25-34(42)26-33;1-7-25(2)9-8-10-26(3)11-18-33-27(4)37(43)34(24-38(33,5)6)45-36(42)20-19-35(41)44-32-16-14-28(15-17-32)12-13-29-21-30(39)23-31(40)22-29/h8-21,24-26,37,42H,22-23,27H2,1-7H3;7-18,21-23,34,39-40H,19-20,24H2,1-6H3/b9-8+,12-10+,16-15+,21-14+,28-11+,29-13+;9-8+,13-12+,18-11+,25-7+,26-10+. The molecule has 13 nitrogen and oxygen atoms in total. The predicted molar refractivity (Wildman–Crippen MR) is 367 cm³/mol. The largest absolute Gasteiger partial charge is 0.508 e. The minimum atomic E-state index is -0.909. The second kappa shape index (κ2) is 34.9. The third-order valence-corrected chi connectivity index (χ3v) is 15.2. The first kappa shape index (κ1) is 72.9. The monoisotopic (exact) mass is 1240 g/mol. The van der Waals surface area contributed by atoms with Gasteiger partial charge >= 0.3 is 23.9 Å². The highest BCUT2D eigenvalue weighted by Gasteiger charge is 2.41. The van der Waals surface area contributed by atoms with Crippen LogP contribution < -0.4 is 9.47 Å². The van der Waals surface area contributed by atoms with Gasteiger partial charge in [0.15, 0.2) is 23.8 Å². The SMILES string of the molecule is C/C=C(C)/C=C/C=C(C)/C=C/C1=C(C)C(=O)C(OC(=O)CCC(=O)Oc2ccc(/C=C/c3cc(O)cc(O)c3)cc2)CC1(C)C.C/C=C/C=C(C)/C=C/C=C(C)/C=C/C1=C(C)C(=O)C(OC(=O)CCC(=O)Oc2ccc(/C=C/c3cc(C)cc(O)c3)cc2)CC1(C)C. The van der Waals surface area contributed by atoms with E-state index in [0.717, 1.165) is 50.1 Å². The predicted octanol–water partition coefficient (Wildman–Crippen LogP) is 17.6. The van der Waals surface area contributed by atoms with E-state index in [0.29, 0.717) is 41.1 Å². The first-order valence-corrected chi connectivity index (χ1v) is 30.7. The molecule has 0 aromatic heterocycles. The normalized spacial score (nSPS) is 17.4. The van der Waals surface area contributed by atoms with Gasteiger partial charge in [-0.05, 0) is 172 Å². The van der Waals surface area contributed by atoms with Gasteiger partial charge in [-0.15, -0.1) is 0 Å². The lowest BCUT2D eigenvalue weighted by molar-refractivity contribution is -0.157. The number of phenolic OH excluding ortho intramolecular Hbond substituents is 3. The quantitative estimate of drug-likeness (QED) is 0.0274. The molecule has 92 heavy (non-hydrogen) atoms. The van der Waals surface area contributed by atoms with Gasteiger partial charge in [0, 0.05) is 18.9 Å². The van der Waals surface area contributed by atoms with Crippen LogP contribution in [0.25, 0.3) is 24.3 Å². The molecule has 0 saturated heterocycles. The Balaban J connectivity index is 0.000000334. The van der Waals surface area contributed by atoms with E-state index in [9.17, 15) is 44.1 Å². The second-order valence-corrected chi connectivity index (χ2v) is 24.3. The molecule has 2 atom stereocenters. The summed E-state index contributed by atoms with van der Waals surface area (Å²) in [5.74, 6) is -2.06. The van der Waals surface area contributed by atoms with Gasteiger partial charge in [0.05, 0.1) is 25.7 Å². The van der Waals surface area contributed by atoms with E-state index in [2.05, 4.69) is 0 Å². The Morgan fingerprint density at radius 1 is 0.457 bits per heavy atom. The third-order valence-electron chi connectivity index (χ3n) is 15.2. The maximum absolute atomic E-state index is 13.2. The highest BCUT2D eigenvalue weighted by atomic mass is 16.6. The van der Waals surface area contributed by atoms with Crippen molar-refractivity contribution in [2.45, 2.75) is 141 Å². The van der Waals surface area contributed by atoms with Crippen LogP contribution in [-0.2, 0) is 38.2 Å². The molecule has 4 aromatic rings. The molecule has 0 radical (unpaired) electrons. The number of ether oxygens (including phenoxy) is 4. The number of rotatable bonds is 23. The van der Waals surface area contributed by atoms with Gasteiger partial charge in [0.2, 0.25) is 0 Å². The Labute approximate surface area is 543 Å². The molecule has 2 unspecified atom stereocenters. The number of phenols is 3. The van der Waals surface area contributed by atoms with Crippen molar-refractivity contribution >= 4 is 59.7 Å². The maximum Gasteiger partial charge on any atom is 0.311 e. The van der Waals surface area contributed by atoms with Gasteiger partial charge in [-0.3, -0.25) is 28.8 Å². The van der Waals surface area contributed by atoms with Crippen molar-refractivity contribution in [2.75, 3.05) is 0 Å². The zero-order valence-corrected chi connectivity index (χ0v) is 55.3. The van der Waals surface area contributed by atoms with Crippen LogP contribution in [0.5, 0.6) is 28.7 Å². The summed E-state index contributed by atoms with van der Waals surface area (Å²) in [6, 6.07) is 23.3. The molecule has 2 aliphatic rings. The summed E-state index contributed by atoms with van der Waals surface area (Å²) in [6.45, 7) is 25.6. The minimum absolute atomic E-state index is 0.0396. The molecule has 482 valence electrons. The number of esters is 4. The molecule has 0 amide bonds. The smallest absolute Gasteiger partial charge is 0.311 e. The van der Waals surface area contributed by atoms with Crippen LogP contribution in [0.3, 0.4) is 0 Å². The molecule has 3 N–H and O–H groups in total. The summed E-state index contributed by atoms with van der Waals surface area (Å²) in [5.41, 5.74) is 10.7. The van der Waals surface area contributed by atoms with E-state index >= 15 is 0 Å². The van der Waals surface area contributed by atoms with Crippen molar-refractivity contribution in [1.29, 1.82) is 0 Å². The first-order valence-electron chi connectivity index (χ1n) is 30.7. The number of benzene rings is 4. The lowest BCUT2D eigenvalue weighted by Crippen LogP contribution is -2.39. The Kier molecular flexibility index (Phi) is 27.7. The van der Waals surface area contributed by atoms with Crippen molar-refractivity contribution in [3.63, 3.8) is 0 Å². The number of Topliss-reactive ketones (excluding diaryl/α,β-unsaturated/α-hetero) is 2. The van der Waals surface area contributed by atoms with Crippen molar-refractivity contribution in [3.8, 4) is 28.7 Å². The number of aromatic hydroxyl groups is 3. The average molecular weight is 1250 g/mol. The van der Waals surface area contributed by atoms with Gasteiger partial charge in [0.1, 0.15) is 28.7 Å². The molecule has 0 fully saturated rings. The molecule has 4 aromatic carbocycles. The van der Waals surface area contributed by atoms with Crippen molar-refractivity contribution < 1.29 is 63.0 Å².